The van der Waals surface area contributed by atoms with E-state index in [4.69, 9.17) is 9.15 Å². The smallest absolute Gasteiger partial charge is 0.129 e. The first-order chi connectivity index (χ1) is 9.98. The van der Waals surface area contributed by atoms with Crippen LogP contribution in [-0.4, -0.2) is 12.6 Å². The molecule has 2 unspecified atom stereocenters. The second-order valence-electron chi connectivity index (χ2n) is 7.44. The van der Waals surface area contributed by atoms with Gasteiger partial charge in [0.25, 0.3) is 0 Å². The van der Waals surface area contributed by atoms with E-state index in [0.717, 1.165) is 37.6 Å². The van der Waals surface area contributed by atoms with Crippen molar-refractivity contribution in [3.05, 3.63) is 23.7 Å². The van der Waals surface area contributed by atoms with Crippen LogP contribution in [0.3, 0.4) is 0 Å². The van der Waals surface area contributed by atoms with E-state index in [0.29, 0.717) is 18.1 Å². The molecule has 21 heavy (non-hydrogen) atoms. The van der Waals surface area contributed by atoms with Crippen LogP contribution >= 0.6 is 0 Å². The van der Waals surface area contributed by atoms with Crippen LogP contribution in [0.2, 0.25) is 0 Å². The predicted molar refractivity (Wildman–Crippen MR) is 86.1 cm³/mol. The van der Waals surface area contributed by atoms with Crippen LogP contribution in [0.25, 0.3) is 0 Å². The lowest BCUT2D eigenvalue weighted by molar-refractivity contribution is -0.0368. The van der Waals surface area contributed by atoms with Crippen molar-refractivity contribution in [2.75, 3.05) is 6.54 Å². The van der Waals surface area contributed by atoms with Crippen LogP contribution in [0, 0.1) is 11.3 Å². The van der Waals surface area contributed by atoms with Crippen molar-refractivity contribution in [1.29, 1.82) is 0 Å². The molecule has 3 heteroatoms. The van der Waals surface area contributed by atoms with Gasteiger partial charge in [-0.15, -0.1) is 0 Å². The van der Waals surface area contributed by atoms with Gasteiger partial charge < -0.3 is 14.5 Å². The molecule has 1 fully saturated rings. The third-order valence-electron chi connectivity index (χ3n) is 4.27. The summed E-state index contributed by atoms with van der Waals surface area (Å²) in [5.41, 5.74) is 1.61. The summed E-state index contributed by atoms with van der Waals surface area (Å²) in [6.07, 6.45) is 7.01. The fraction of sp³-hybridized carbons (Fsp3) is 0.778. The van der Waals surface area contributed by atoms with E-state index in [1.165, 1.54) is 18.4 Å². The first-order valence-corrected chi connectivity index (χ1v) is 8.37. The summed E-state index contributed by atoms with van der Waals surface area (Å²) in [7, 11) is 0. The molecule has 120 valence electrons. The Morgan fingerprint density at radius 3 is 2.90 bits per heavy atom. The SMILES string of the molecule is CCCNCc1coc(COC2CC(C)CC(C)(C)C2)c1. The molecule has 1 aliphatic carbocycles. The second kappa shape index (κ2) is 7.46. The van der Waals surface area contributed by atoms with E-state index in [-0.39, 0.29) is 0 Å². The second-order valence-corrected chi connectivity index (χ2v) is 7.44. The van der Waals surface area contributed by atoms with Crippen molar-refractivity contribution in [1.82, 2.24) is 5.32 Å². The van der Waals surface area contributed by atoms with Crippen LogP contribution in [0.5, 0.6) is 0 Å². The Balaban J connectivity index is 1.77. The molecule has 0 spiro atoms. The lowest BCUT2D eigenvalue weighted by Gasteiger charge is -2.38. The highest BCUT2D eigenvalue weighted by molar-refractivity contribution is 5.12. The molecule has 1 aromatic rings. The van der Waals surface area contributed by atoms with Gasteiger partial charge in [-0.05, 0) is 49.6 Å². The monoisotopic (exact) mass is 293 g/mol. The maximum atomic E-state index is 6.10. The number of ether oxygens (including phenoxy) is 1. The molecule has 0 aromatic carbocycles. The van der Waals surface area contributed by atoms with E-state index in [2.05, 4.69) is 39.1 Å². The maximum absolute atomic E-state index is 6.10. The van der Waals surface area contributed by atoms with Gasteiger partial charge in [-0.3, -0.25) is 0 Å². The highest BCUT2D eigenvalue weighted by Crippen LogP contribution is 2.39. The van der Waals surface area contributed by atoms with Crippen LogP contribution in [0.1, 0.15) is 64.7 Å². The standard InChI is InChI=1S/C18H31NO2/c1-5-6-19-11-15-8-17(20-12-15)13-21-16-7-14(2)9-18(3,4)10-16/h8,12,14,16,19H,5-7,9-11,13H2,1-4H3. The van der Waals surface area contributed by atoms with Gasteiger partial charge >= 0.3 is 0 Å². The largest absolute Gasteiger partial charge is 0.467 e. The van der Waals surface area contributed by atoms with E-state index < -0.39 is 0 Å². The van der Waals surface area contributed by atoms with E-state index >= 15 is 0 Å². The third-order valence-corrected chi connectivity index (χ3v) is 4.27. The van der Waals surface area contributed by atoms with Crippen LogP contribution in [0.15, 0.2) is 16.7 Å². The minimum atomic E-state index is 0.371. The first kappa shape index (κ1) is 16.6. The molecule has 0 radical (unpaired) electrons. The van der Waals surface area contributed by atoms with Gasteiger partial charge in [0.15, 0.2) is 0 Å². The summed E-state index contributed by atoms with van der Waals surface area (Å²) >= 11 is 0. The lowest BCUT2D eigenvalue weighted by Crippen LogP contribution is -2.32. The van der Waals surface area contributed by atoms with Crippen molar-refractivity contribution in [2.24, 2.45) is 11.3 Å². The van der Waals surface area contributed by atoms with Gasteiger partial charge in [-0.1, -0.05) is 27.7 Å². The van der Waals surface area contributed by atoms with Crippen LogP contribution in [-0.2, 0) is 17.9 Å². The zero-order chi connectivity index (χ0) is 15.3. The van der Waals surface area contributed by atoms with Crippen LogP contribution in [0.4, 0.5) is 0 Å². The number of nitrogens with one attached hydrogen (secondary N) is 1. The molecule has 2 atom stereocenters. The number of hydrogen-bond donors (Lipinski definition) is 1. The molecule has 1 aliphatic rings. The summed E-state index contributed by atoms with van der Waals surface area (Å²) in [6, 6.07) is 2.11. The van der Waals surface area contributed by atoms with Crippen molar-refractivity contribution in [3.8, 4) is 0 Å². The average molecular weight is 293 g/mol. The van der Waals surface area contributed by atoms with Gasteiger partial charge in [0.2, 0.25) is 0 Å². The minimum absolute atomic E-state index is 0.371. The van der Waals surface area contributed by atoms with Crippen LogP contribution < -0.4 is 5.32 Å². The molecule has 0 aliphatic heterocycles. The summed E-state index contributed by atoms with van der Waals surface area (Å²) in [6.45, 7) is 11.7. The molecule has 0 bridgehead atoms. The Hall–Kier alpha value is -0.800. The molecule has 2 rings (SSSR count). The molecule has 1 heterocycles. The maximum Gasteiger partial charge on any atom is 0.129 e. The zero-order valence-electron chi connectivity index (χ0n) is 14.1. The highest BCUT2D eigenvalue weighted by Gasteiger charge is 2.32. The van der Waals surface area contributed by atoms with Crippen molar-refractivity contribution in [2.45, 2.75) is 72.6 Å². The Kier molecular flexibility index (Phi) is 5.88. The predicted octanol–water partition coefficient (Wildman–Crippen LogP) is 4.51. The Morgan fingerprint density at radius 1 is 1.38 bits per heavy atom. The van der Waals surface area contributed by atoms with Gasteiger partial charge in [0.1, 0.15) is 12.4 Å². The average Bonchev–Trinajstić information content (AvgIpc) is 2.82. The Bertz CT molecular complexity index is 425. The van der Waals surface area contributed by atoms with Gasteiger partial charge in [-0.2, -0.15) is 0 Å². The fourth-order valence-corrected chi connectivity index (χ4v) is 3.59. The minimum Gasteiger partial charge on any atom is -0.467 e. The molecule has 1 aromatic heterocycles. The topological polar surface area (TPSA) is 34.4 Å². The Labute approximate surface area is 129 Å². The molecule has 1 N–H and O–H groups in total. The number of hydrogen-bond acceptors (Lipinski definition) is 3. The van der Waals surface area contributed by atoms with Gasteiger partial charge in [0, 0.05) is 12.1 Å². The molecule has 3 nitrogen and oxygen atoms in total. The quantitative estimate of drug-likeness (QED) is 0.751. The highest BCUT2D eigenvalue weighted by atomic mass is 16.5. The van der Waals surface area contributed by atoms with E-state index in [1.807, 2.05) is 6.26 Å². The molecular formula is C18H31NO2. The molecule has 0 saturated heterocycles. The van der Waals surface area contributed by atoms with E-state index in [9.17, 15) is 0 Å². The zero-order valence-corrected chi connectivity index (χ0v) is 14.1. The third kappa shape index (κ3) is 5.48. The first-order valence-electron chi connectivity index (χ1n) is 8.37. The fourth-order valence-electron chi connectivity index (χ4n) is 3.59. The van der Waals surface area contributed by atoms with E-state index in [1.54, 1.807) is 0 Å². The summed E-state index contributed by atoms with van der Waals surface area (Å²) in [4.78, 5) is 0. The number of rotatable bonds is 7. The van der Waals surface area contributed by atoms with Crippen molar-refractivity contribution >= 4 is 0 Å². The molecular weight excluding hydrogens is 262 g/mol. The summed E-state index contributed by atoms with van der Waals surface area (Å²) in [5, 5.41) is 3.39. The van der Waals surface area contributed by atoms with Crippen molar-refractivity contribution in [3.63, 3.8) is 0 Å². The van der Waals surface area contributed by atoms with Crippen molar-refractivity contribution < 1.29 is 9.15 Å². The molecule has 0 amide bonds. The Morgan fingerprint density at radius 2 is 2.19 bits per heavy atom. The normalized spacial score (nSPS) is 25.1. The van der Waals surface area contributed by atoms with Gasteiger partial charge in [0.05, 0.1) is 12.4 Å². The number of furan rings is 1. The summed E-state index contributed by atoms with van der Waals surface area (Å²) in [5.74, 6) is 1.70. The van der Waals surface area contributed by atoms with Gasteiger partial charge in [-0.25, -0.2) is 0 Å². The molecule has 1 saturated carbocycles. The summed E-state index contributed by atoms with van der Waals surface area (Å²) < 4.78 is 11.7. The lowest BCUT2D eigenvalue weighted by atomic mass is 9.71.